The van der Waals surface area contributed by atoms with Crippen molar-refractivity contribution in [2.24, 2.45) is 5.14 Å². The minimum atomic E-state index is -3.89. The summed E-state index contributed by atoms with van der Waals surface area (Å²) in [5, 5.41) is 7.56. The number of nitrogens with two attached hydrogens (primary N) is 1. The van der Waals surface area contributed by atoms with Crippen LogP contribution in [-0.2, 0) is 10.0 Å². The van der Waals surface area contributed by atoms with E-state index in [0.717, 1.165) is 6.39 Å². The lowest BCUT2D eigenvalue weighted by Crippen LogP contribution is -2.15. The van der Waals surface area contributed by atoms with E-state index < -0.39 is 15.9 Å². The van der Waals surface area contributed by atoms with Gasteiger partial charge in [0.05, 0.1) is 23.4 Å². The van der Waals surface area contributed by atoms with Gasteiger partial charge in [-0.2, -0.15) is 0 Å². The number of primary sulfonamides is 1. The second kappa shape index (κ2) is 5.54. The Morgan fingerprint density at radius 3 is 2.67 bits per heavy atom. The highest BCUT2D eigenvalue weighted by atomic mass is 32.2. The van der Waals surface area contributed by atoms with Crippen molar-refractivity contribution in [3.63, 3.8) is 0 Å². The van der Waals surface area contributed by atoms with Crippen LogP contribution in [-0.4, -0.2) is 26.4 Å². The Hall–Kier alpha value is -2.39. The maximum atomic E-state index is 12.0. The van der Waals surface area contributed by atoms with Crippen LogP contribution in [0.2, 0.25) is 0 Å². The number of nitrogens with zero attached hydrogens (tertiary/aromatic N) is 1. The summed E-state index contributed by atoms with van der Waals surface area (Å²) in [5.74, 6) is -0.263. The molecule has 0 fully saturated rings. The van der Waals surface area contributed by atoms with Crippen LogP contribution >= 0.6 is 0 Å². The van der Waals surface area contributed by atoms with E-state index in [4.69, 9.17) is 14.3 Å². The van der Waals surface area contributed by atoms with Crippen molar-refractivity contribution in [1.29, 1.82) is 0 Å². The molecule has 0 unspecified atom stereocenters. The molecule has 0 saturated heterocycles. The zero-order valence-electron chi connectivity index (χ0n) is 11.3. The van der Waals surface area contributed by atoms with Crippen molar-refractivity contribution in [1.82, 2.24) is 4.98 Å². The number of carbonyl (C=O) groups is 1. The van der Waals surface area contributed by atoms with E-state index in [2.05, 4.69) is 10.3 Å². The van der Waals surface area contributed by atoms with Crippen LogP contribution in [0.5, 0.6) is 5.75 Å². The first-order chi connectivity index (χ1) is 9.82. The molecule has 1 aromatic carbocycles. The van der Waals surface area contributed by atoms with Crippen LogP contribution in [0, 0.1) is 6.92 Å². The molecule has 9 heteroatoms. The molecular formula is C12H13N3O5S. The number of rotatable bonds is 4. The summed E-state index contributed by atoms with van der Waals surface area (Å²) >= 11 is 0. The zero-order chi connectivity index (χ0) is 15.6. The van der Waals surface area contributed by atoms with Gasteiger partial charge in [0.2, 0.25) is 15.8 Å². The minimum absolute atomic E-state index is 0.0260. The van der Waals surface area contributed by atoms with E-state index in [-0.39, 0.29) is 22.1 Å². The number of aromatic nitrogens is 1. The zero-order valence-corrected chi connectivity index (χ0v) is 12.1. The number of oxazole rings is 1. The number of methoxy groups -OCH3 is 1. The van der Waals surface area contributed by atoms with Crippen molar-refractivity contribution in [2.45, 2.75) is 11.8 Å². The van der Waals surface area contributed by atoms with Gasteiger partial charge in [0, 0.05) is 0 Å². The Morgan fingerprint density at radius 2 is 2.14 bits per heavy atom. The van der Waals surface area contributed by atoms with E-state index >= 15 is 0 Å². The first-order valence-corrected chi connectivity index (χ1v) is 7.30. The molecule has 0 saturated carbocycles. The van der Waals surface area contributed by atoms with E-state index in [1.807, 2.05) is 0 Å². The second-order valence-corrected chi connectivity index (χ2v) is 5.69. The number of benzene rings is 1. The molecular weight excluding hydrogens is 298 g/mol. The maximum Gasteiger partial charge on any atom is 0.293 e. The molecule has 0 atom stereocenters. The van der Waals surface area contributed by atoms with E-state index in [1.54, 1.807) is 6.92 Å². The number of carbonyl (C=O) groups excluding carboxylic acids is 1. The van der Waals surface area contributed by atoms with Crippen molar-refractivity contribution >= 4 is 21.6 Å². The van der Waals surface area contributed by atoms with Gasteiger partial charge >= 0.3 is 0 Å². The fourth-order valence-corrected chi connectivity index (χ4v) is 2.20. The summed E-state index contributed by atoms with van der Waals surface area (Å²) in [5.41, 5.74) is 0.568. The third-order valence-electron chi connectivity index (χ3n) is 2.70. The van der Waals surface area contributed by atoms with E-state index in [1.165, 1.54) is 25.3 Å². The number of sulfonamides is 1. The van der Waals surface area contributed by atoms with Crippen LogP contribution < -0.4 is 15.2 Å². The summed E-state index contributed by atoms with van der Waals surface area (Å²) in [7, 11) is -2.50. The van der Waals surface area contributed by atoms with Gasteiger partial charge < -0.3 is 14.5 Å². The van der Waals surface area contributed by atoms with Crippen LogP contribution in [0.15, 0.2) is 33.9 Å². The molecule has 3 N–H and O–H groups in total. The molecule has 1 amide bonds. The fraction of sp³-hybridized carbons (Fsp3) is 0.167. The van der Waals surface area contributed by atoms with Gasteiger partial charge in [0.15, 0.2) is 6.39 Å². The Kier molecular flexibility index (Phi) is 3.96. The molecule has 2 aromatic rings. The average molecular weight is 311 g/mol. The Balaban J connectivity index is 2.38. The van der Waals surface area contributed by atoms with E-state index in [0.29, 0.717) is 5.69 Å². The summed E-state index contributed by atoms with van der Waals surface area (Å²) in [4.78, 5) is 15.7. The average Bonchev–Trinajstić information content (AvgIpc) is 2.84. The molecule has 0 aliphatic rings. The molecule has 0 aliphatic heterocycles. The molecule has 8 nitrogen and oxygen atoms in total. The molecule has 2 rings (SSSR count). The second-order valence-electron chi connectivity index (χ2n) is 4.13. The monoisotopic (exact) mass is 311 g/mol. The van der Waals surface area contributed by atoms with Crippen LogP contribution in [0.25, 0.3) is 0 Å². The predicted molar refractivity (Wildman–Crippen MR) is 73.6 cm³/mol. The van der Waals surface area contributed by atoms with Crippen LogP contribution in [0.3, 0.4) is 0 Å². The number of nitrogens with one attached hydrogen (secondary N) is 1. The molecule has 0 bridgehead atoms. The maximum absolute atomic E-state index is 12.0. The molecule has 1 heterocycles. The molecule has 0 aliphatic carbocycles. The van der Waals surface area contributed by atoms with Gasteiger partial charge in [-0.25, -0.2) is 18.5 Å². The lowest BCUT2D eigenvalue weighted by molar-refractivity contribution is 0.0995. The van der Waals surface area contributed by atoms with Gasteiger partial charge in [-0.15, -0.1) is 0 Å². The highest BCUT2D eigenvalue weighted by molar-refractivity contribution is 7.89. The first-order valence-electron chi connectivity index (χ1n) is 5.75. The standard InChI is InChI=1S/C12H13N3O5S/c1-7-11(20-6-14-7)12(16)15-9-5-8(21(13,17)18)3-4-10(9)19-2/h3-6H,1-2H3,(H,15,16)(H2,13,17,18). The normalized spacial score (nSPS) is 11.2. The highest BCUT2D eigenvalue weighted by Crippen LogP contribution is 2.27. The Morgan fingerprint density at radius 1 is 1.43 bits per heavy atom. The van der Waals surface area contributed by atoms with Crippen LogP contribution in [0.4, 0.5) is 5.69 Å². The van der Waals surface area contributed by atoms with Gasteiger partial charge in [-0.05, 0) is 25.1 Å². The van der Waals surface area contributed by atoms with Crippen molar-refractivity contribution < 1.29 is 22.4 Å². The molecule has 1 aromatic heterocycles. The molecule has 0 radical (unpaired) electrons. The molecule has 21 heavy (non-hydrogen) atoms. The Labute approximate surface area is 121 Å². The number of aryl methyl sites for hydroxylation is 1. The Bertz CT molecular complexity index is 782. The molecule has 0 spiro atoms. The van der Waals surface area contributed by atoms with E-state index in [9.17, 15) is 13.2 Å². The number of amides is 1. The lowest BCUT2D eigenvalue weighted by atomic mass is 10.2. The van der Waals surface area contributed by atoms with Crippen molar-refractivity contribution in [2.75, 3.05) is 12.4 Å². The van der Waals surface area contributed by atoms with Gasteiger partial charge in [-0.1, -0.05) is 0 Å². The minimum Gasteiger partial charge on any atom is -0.495 e. The van der Waals surface area contributed by atoms with Crippen LogP contribution in [0.1, 0.15) is 16.2 Å². The third kappa shape index (κ3) is 3.20. The summed E-state index contributed by atoms with van der Waals surface area (Å²) in [6.07, 6.45) is 1.14. The number of hydrogen-bond donors (Lipinski definition) is 2. The number of ether oxygens (including phenoxy) is 1. The summed E-state index contributed by atoms with van der Waals surface area (Å²) in [6, 6.07) is 3.88. The first kappa shape index (κ1) is 15.0. The van der Waals surface area contributed by atoms with Gasteiger partial charge in [0.25, 0.3) is 5.91 Å². The van der Waals surface area contributed by atoms with Gasteiger partial charge in [-0.3, -0.25) is 4.79 Å². The summed E-state index contributed by atoms with van der Waals surface area (Å²) < 4.78 is 32.7. The topological polar surface area (TPSA) is 125 Å². The quantitative estimate of drug-likeness (QED) is 0.864. The van der Waals surface area contributed by atoms with Crippen molar-refractivity contribution in [3.05, 3.63) is 36.0 Å². The largest absolute Gasteiger partial charge is 0.495 e. The van der Waals surface area contributed by atoms with Crippen molar-refractivity contribution in [3.8, 4) is 5.75 Å². The summed E-state index contributed by atoms with van der Waals surface area (Å²) in [6.45, 7) is 1.61. The predicted octanol–water partition coefficient (Wildman–Crippen LogP) is 0.891. The smallest absolute Gasteiger partial charge is 0.293 e. The molecule has 112 valence electrons. The lowest BCUT2D eigenvalue weighted by Gasteiger charge is -2.10. The third-order valence-corrected chi connectivity index (χ3v) is 3.61. The SMILES string of the molecule is COc1ccc(S(N)(=O)=O)cc1NC(=O)c1ocnc1C. The fourth-order valence-electron chi connectivity index (χ4n) is 1.66. The highest BCUT2D eigenvalue weighted by Gasteiger charge is 2.18. The van der Waals surface area contributed by atoms with Gasteiger partial charge in [0.1, 0.15) is 5.75 Å². The number of hydrogen-bond acceptors (Lipinski definition) is 6. The number of anilines is 1.